The molecule has 0 saturated heterocycles. The molecule has 0 fully saturated rings. The van der Waals surface area contributed by atoms with Crippen LogP contribution in [0.15, 0.2) is 66.7 Å². The number of nitrogens with zero attached hydrogens (tertiary/aromatic N) is 1. The van der Waals surface area contributed by atoms with Gasteiger partial charge in [-0.05, 0) is 66.9 Å². The molecule has 0 aromatic heterocycles. The predicted octanol–water partition coefficient (Wildman–Crippen LogP) is 4.46. The van der Waals surface area contributed by atoms with Crippen molar-refractivity contribution in [1.82, 2.24) is 0 Å². The van der Waals surface area contributed by atoms with E-state index in [1.54, 1.807) is 36.3 Å². The Balaban J connectivity index is 1.50. The van der Waals surface area contributed by atoms with Crippen LogP contribution in [0.1, 0.15) is 31.8 Å². The average molecular weight is 386 g/mol. The van der Waals surface area contributed by atoms with E-state index in [2.05, 4.69) is 11.4 Å². The molecule has 4 rings (SSSR count). The number of para-hydroxylation sites is 1. The number of fused-ring (bicyclic) bond motifs is 1. The van der Waals surface area contributed by atoms with E-state index >= 15 is 0 Å². The Kier molecular flexibility index (Phi) is 5.04. The highest BCUT2D eigenvalue weighted by Crippen LogP contribution is 2.29. The highest BCUT2D eigenvalue weighted by molar-refractivity contribution is 6.09. The highest BCUT2D eigenvalue weighted by atomic mass is 16.5. The van der Waals surface area contributed by atoms with Crippen molar-refractivity contribution in [2.45, 2.75) is 13.3 Å². The van der Waals surface area contributed by atoms with Crippen molar-refractivity contribution >= 4 is 23.2 Å². The zero-order valence-corrected chi connectivity index (χ0v) is 16.4. The van der Waals surface area contributed by atoms with Crippen LogP contribution in [-0.2, 0) is 6.42 Å². The number of nitrogens with one attached hydrogen (secondary N) is 1. The van der Waals surface area contributed by atoms with Gasteiger partial charge < -0.3 is 15.0 Å². The summed E-state index contributed by atoms with van der Waals surface area (Å²) in [5.74, 6) is 0.296. The maximum atomic E-state index is 12.9. The second kappa shape index (κ2) is 7.80. The Bertz CT molecular complexity index is 1070. The minimum absolute atomic E-state index is 0.0535. The smallest absolute Gasteiger partial charge is 0.258 e. The van der Waals surface area contributed by atoms with Gasteiger partial charge in [0, 0.05) is 23.4 Å². The third-order valence-corrected chi connectivity index (χ3v) is 5.13. The number of ether oxygens (including phenoxy) is 1. The van der Waals surface area contributed by atoms with Gasteiger partial charge in [-0.25, -0.2) is 0 Å². The monoisotopic (exact) mass is 386 g/mol. The van der Waals surface area contributed by atoms with Gasteiger partial charge in [-0.1, -0.05) is 24.3 Å². The number of carbonyl (C=O) groups is 2. The molecular formula is C24H22N2O3. The van der Waals surface area contributed by atoms with Crippen LogP contribution < -0.4 is 15.0 Å². The first-order valence-electron chi connectivity index (χ1n) is 9.52. The Morgan fingerprint density at radius 2 is 1.69 bits per heavy atom. The molecule has 0 bridgehead atoms. The fourth-order valence-corrected chi connectivity index (χ4v) is 3.58. The molecule has 0 atom stereocenters. The van der Waals surface area contributed by atoms with Crippen molar-refractivity contribution in [2.75, 3.05) is 23.9 Å². The lowest BCUT2D eigenvalue weighted by Crippen LogP contribution is -2.28. The highest BCUT2D eigenvalue weighted by Gasteiger charge is 2.25. The van der Waals surface area contributed by atoms with Crippen molar-refractivity contribution in [1.29, 1.82) is 0 Å². The number of methoxy groups -OCH3 is 1. The molecule has 2 amide bonds. The van der Waals surface area contributed by atoms with Gasteiger partial charge in [-0.2, -0.15) is 0 Å². The molecule has 0 spiro atoms. The SMILES string of the molecule is COc1ccc(C)cc1NC(=O)c1ccc(C(=O)N2CCc3ccccc32)cc1. The number of aryl methyl sites for hydroxylation is 1. The van der Waals surface area contributed by atoms with Crippen molar-refractivity contribution in [3.8, 4) is 5.75 Å². The van der Waals surface area contributed by atoms with Gasteiger partial charge in [0.05, 0.1) is 12.8 Å². The van der Waals surface area contributed by atoms with Crippen LogP contribution in [0.5, 0.6) is 5.75 Å². The number of benzene rings is 3. The van der Waals surface area contributed by atoms with E-state index in [-0.39, 0.29) is 11.8 Å². The summed E-state index contributed by atoms with van der Waals surface area (Å²) in [4.78, 5) is 27.3. The maximum absolute atomic E-state index is 12.9. The molecule has 5 nitrogen and oxygen atoms in total. The fourth-order valence-electron chi connectivity index (χ4n) is 3.58. The fraction of sp³-hybridized carbons (Fsp3) is 0.167. The molecule has 5 heteroatoms. The Labute approximate surface area is 169 Å². The summed E-state index contributed by atoms with van der Waals surface area (Å²) in [6.07, 6.45) is 0.862. The third-order valence-electron chi connectivity index (χ3n) is 5.13. The van der Waals surface area contributed by atoms with Crippen LogP contribution in [0, 0.1) is 6.92 Å². The van der Waals surface area contributed by atoms with E-state index in [1.807, 2.05) is 43.3 Å². The van der Waals surface area contributed by atoms with Crippen LogP contribution in [0.3, 0.4) is 0 Å². The zero-order chi connectivity index (χ0) is 20.4. The Hall–Kier alpha value is -3.60. The van der Waals surface area contributed by atoms with Gasteiger partial charge in [0.2, 0.25) is 0 Å². The topological polar surface area (TPSA) is 58.6 Å². The number of rotatable bonds is 4. The first-order chi connectivity index (χ1) is 14.1. The van der Waals surface area contributed by atoms with Crippen LogP contribution in [0.25, 0.3) is 0 Å². The minimum Gasteiger partial charge on any atom is -0.495 e. The Morgan fingerprint density at radius 1 is 0.966 bits per heavy atom. The molecule has 0 aliphatic carbocycles. The van der Waals surface area contributed by atoms with Gasteiger partial charge in [0.15, 0.2) is 0 Å². The van der Waals surface area contributed by atoms with Gasteiger partial charge >= 0.3 is 0 Å². The van der Waals surface area contributed by atoms with Crippen molar-refractivity contribution in [3.05, 3.63) is 89.0 Å². The second-order valence-corrected chi connectivity index (χ2v) is 7.07. The second-order valence-electron chi connectivity index (χ2n) is 7.07. The molecule has 0 unspecified atom stereocenters. The first kappa shape index (κ1) is 18.7. The van der Waals surface area contributed by atoms with Crippen LogP contribution in [-0.4, -0.2) is 25.5 Å². The maximum Gasteiger partial charge on any atom is 0.258 e. The molecule has 1 aliphatic heterocycles. The van der Waals surface area contributed by atoms with Crippen LogP contribution >= 0.6 is 0 Å². The molecule has 0 saturated carbocycles. The summed E-state index contributed by atoms with van der Waals surface area (Å²) in [6.45, 7) is 2.62. The molecule has 0 radical (unpaired) electrons. The first-order valence-corrected chi connectivity index (χ1v) is 9.52. The molecule has 29 heavy (non-hydrogen) atoms. The largest absolute Gasteiger partial charge is 0.495 e. The van der Waals surface area contributed by atoms with E-state index in [9.17, 15) is 9.59 Å². The number of carbonyl (C=O) groups excluding carboxylic acids is 2. The van der Waals surface area contributed by atoms with E-state index in [1.165, 1.54) is 5.56 Å². The van der Waals surface area contributed by atoms with E-state index < -0.39 is 0 Å². The average Bonchev–Trinajstić information content (AvgIpc) is 3.17. The standard InChI is InChI=1S/C24H22N2O3/c1-16-7-12-22(29-2)20(15-16)25-23(27)18-8-10-19(11-9-18)24(28)26-14-13-17-5-3-4-6-21(17)26/h3-12,15H,13-14H2,1-2H3,(H,25,27). The number of hydrogen-bond acceptors (Lipinski definition) is 3. The summed E-state index contributed by atoms with van der Waals surface area (Å²) in [6, 6.07) is 20.3. The molecule has 1 heterocycles. The van der Waals surface area contributed by atoms with Crippen molar-refractivity contribution in [2.24, 2.45) is 0 Å². The van der Waals surface area contributed by atoms with E-state index in [0.717, 1.165) is 17.7 Å². The molecule has 1 aliphatic rings. The Morgan fingerprint density at radius 3 is 2.45 bits per heavy atom. The van der Waals surface area contributed by atoms with Crippen LogP contribution in [0.4, 0.5) is 11.4 Å². The molecule has 3 aromatic rings. The number of anilines is 2. The zero-order valence-electron chi connectivity index (χ0n) is 16.4. The van der Waals surface area contributed by atoms with Crippen molar-refractivity contribution < 1.29 is 14.3 Å². The molecule has 3 aromatic carbocycles. The number of amides is 2. The lowest BCUT2D eigenvalue weighted by atomic mass is 10.1. The molecule has 146 valence electrons. The quantitative estimate of drug-likeness (QED) is 0.720. The lowest BCUT2D eigenvalue weighted by molar-refractivity contribution is 0.0986. The van der Waals surface area contributed by atoms with Gasteiger partial charge in [-0.3, -0.25) is 9.59 Å². The van der Waals surface area contributed by atoms with Crippen LogP contribution in [0.2, 0.25) is 0 Å². The summed E-state index contributed by atoms with van der Waals surface area (Å²) in [5, 5.41) is 2.88. The van der Waals surface area contributed by atoms with Gasteiger partial charge in [0.25, 0.3) is 11.8 Å². The van der Waals surface area contributed by atoms with Gasteiger partial charge in [0.1, 0.15) is 5.75 Å². The van der Waals surface area contributed by atoms with Crippen molar-refractivity contribution in [3.63, 3.8) is 0 Å². The van der Waals surface area contributed by atoms with E-state index in [0.29, 0.717) is 29.1 Å². The van der Waals surface area contributed by atoms with Gasteiger partial charge in [-0.15, -0.1) is 0 Å². The molecule has 1 N–H and O–H groups in total. The molecular weight excluding hydrogens is 364 g/mol. The lowest BCUT2D eigenvalue weighted by Gasteiger charge is -2.17. The summed E-state index contributed by atoms with van der Waals surface area (Å²) < 4.78 is 5.31. The minimum atomic E-state index is -0.251. The number of hydrogen-bond donors (Lipinski definition) is 1. The third kappa shape index (κ3) is 3.72. The summed E-state index contributed by atoms with van der Waals surface area (Å²) in [5.41, 5.74) is 4.83. The predicted molar refractivity (Wildman–Crippen MR) is 114 cm³/mol. The summed E-state index contributed by atoms with van der Waals surface area (Å²) in [7, 11) is 1.57. The van der Waals surface area contributed by atoms with E-state index in [4.69, 9.17) is 4.74 Å². The normalized spacial score (nSPS) is 12.4. The summed E-state index contributed by atoms with van der Waals surface area (Å²) >= 11 is 0.